The van der Waals surface area contributed by atoms with E-state index in [2.05, 4.69) is 177 Å². The molecule has 0 spiro atoms. The van der Waals surface area contributed by atoms with Gasteiger partial charge in [-0.2, -0.15) is 4.57 Å². The Labute approximate surface area is 274 Å². The van der Waals surface area contributed by atoms with Crippen LogP contribution in [0.5, 0.6) is 0 Å². The van der Waals surface area contributed by atoms with Gasteiger partial charge in [-0.3, -0.25) is 0 Å². The van der Waals surface area contributed by atoms with Crippen LogP contribution in [0.1, 0.15) is 31.9 Å². The van der Waals surface area contributed by atoms with Gasteiger partial charge >= 0.3 is 0 Å². The number of imidazole rings is 1. The maximum atomic E-state index is 2.49. The van der Waals surface area contributed by atoms with Crippen molar-refractivity contribution in [2.75, 3.05) is 0 Å². The second kappa shape index (κ2) is 10.8. The molecule has 8 aromatic rings. The van der Waals surface area contributed by atoms with Crippen LogP contribution in [-0.4, -0.2) is 4.57 Å². The van der Waals surface area contributed by atoms with Crippen LogP contribution in [0.2, 0.25) is 0 Å². The molecule has 0 N–H and O–H groups in total. The lowest BCUT2D eigenvalue weighted by Crippen LogP contribution is -2.30. The van der Waals surface area contributed by atoms with Gasteiger partial charge in [-0.1, -0.05) is 118 Å². The van der Waals surface area contributed by atoms with Gasteiger partial charge < -0.3 is 0 Å². The lowest BCUT2D eigenvalue weighted by atomic mass is 9.85. The van der Waals surface area contributed by atoms with Gasteiger partial charge in [0.2, 0.25) is 0 Å². The third-order valence-corrected chi connectivity index (χ3v) is 10.6. The van der Waals surface area contributed by atoms with E-state index in [-0.39, 0.29) is 5.41 Å². The maximum absolute atomic E-state index is 2.49. The predicted octanol–water partition coefficient (Wildman–Crippen LogP) is 11.4. The van der Waals surface area contributed by atoms with Gasteiger partial charge in [0, 0.05) is 25.7 Å². The first kappa shape index (κ1) is 28.5. The number of benzene rings is 6. The average molecular weight is 614 g/mol. The van der Waals surface area contributed by atoms with Crippen LogP contribution in [0.4, 0.5) is 0 Å². The second-order valence-corrected chi connectivity index (χ2v) is 14.4. The summed E-state index contributed by atoms with van der Waals surface area (Å²) in [7, 11) is 2.21. The fraction of sp³-hybridized carbons (Fsp3) is 0.140. The van der Waals surface area contributed by atoms with Gasteiger partial charge in [-0.15, -0.1) is 11.3 Å². The van der Waals surface area contributed by atoms with Gasteiger partial charge in [-0.25, -0.2) is 4.57 Å². The van der Waals surface area contributed by atoms with Gasteiger partial charge in [-0.05, 0) is 76.6 Å². The predicted molar refractivity (Wildman–Crippen MR) is 197 cm³/mol. The van der Waals surface area contributed by atoms with E-state index in [4.69, 9.17) is 0 Å². The van der Waals surface area contributed by atoms with Crippen LogP contribution in [0.3, 0.4) is 0 Å². The average Bonchev–Trinajstić information content (AvgIpc) is 3.58. The molecule has 0 saturated heterocycles. The zero-order chi connectivity index (χ0) is 31.6. The Kier molecular flexibility index (Phi) is 6.70. The van der Waals surface area contributed by atoms with Crippen molar-refractivity contribution in [1.82, 2.24) is 4.57 Å². The molecule has 2 heterocycles. The number of hydrogen-bond acceptors (Lipinski definition) is 1. The maximum Gasteiger partial charge on any atom is 0.295 e. The van der Waals surface area contributed by atoms with Crippen molar-refractivity contribution in [2.45, 2.75) is 33.1 Å². The van der Waals surface area contributed by atoms with Crippen LogP contribution in [0, 0.1) is 6.92 Å². The third-order valence-electron chi connectivity index (χ3n) is 9.37. The SMILES string of the molecule is Cc1cc2sc3c(-c4ccccc4)cccc3c2cc1-c1n(-c2ccc(C(C)(C)C)cc2-c2ccccc2)c2ccccc2[n+]1C. The molecule has 3 heteroatoms. The topological polar surface area (TPSA) is 8.81 Å². The largest absolute Gasteiger partial charge is 0.295 e. The highest BCUT2D eigenvalue weighted by Crippen LogP contribution is 2.43. The Bertz CT molecular complexity index is 2400. The van der Waals surface area contributed by atoms with E-state index >= 15 is 0 Å². The third kappa shape index (κ3) is 4.57. The van der Waals surface area contributed by atoms with Crippen LogP contribution in [0.25, 0.3) is 70.5 Å². The first-order valence-corrected chi connectivity index (χ1v) is 16.8. The molecule has 8 rings (SSSR count). The van der Waals surface area contributed by atoms with Crippen LogP contribution >= 0.6 is 11.3 Å². The quantitative estimate of drug-likeness (QED) is 0.175. The molecule has 0 unspecified atom stereocenters. The van der Waals surface area contributed by atoms with Gasteiger partial charge in [0.1, 0.15) is 5.69 Å². The lowest BCUT2D eigenvalue weighted by Gasteiger charge is -2.21. The first-order chi connectivity index (χ1) is 22.3. The van der Waals surface area contributed by atoms with Crippen molar-refractivity contribution in [2.24, 2.45) is 7.05 Å². The highest BCUT2D eigenvalue weighted by atomic mass is 32.1. The fourth-order valence-electron chi connectivity index (χ4n) is 6.94. The zero-order valence-corrected chi connectivity index (χ0v) is 27.8. The molecule has 0 atom stereocenters. The molecule has 224 valence electrons. The van der Waals surface area contributed by atoms with Gasteiger partial charge in [0.25, 0.3) is 5.82 Å². The summed E-state index contributed by atoms with van der Waals surface area (Å²) in [5.41, 5.74) is 12.5. The minimum atomic E-state index is 0.0363. The summed E-state index contributed by atoms with van der Waals surface area (Å²) in [6, 6.07) is 49.0. The van der Waals surface area contributed by atoms with Crippen LogP contribution in [0.15, 0.2) is 133 Å². The zero-order valence-electron chi connectivity index (χ0n) is 27.0. The van der Waals surface area contributed by atoms with E-state index in [1.54, 1.807) is 0 Å². The monoisotopic (exact) mass is 613 g/mol. The van der Waals surface area contributed by atoms with Crippen molar-refractivity contribution in [3.8, 4) is 39.3 Å². The fourth-order valence-corrected chi connectivity index (χ4v) is 8.26. The summed E-state index contributed by atoms with van der Waals surface area (Å²) < 4.78 is 7.53. The molecule has 6 aromatic carbocycles. The summed E-state index contributed by atoms with van der Waals surface area (Å²) in [6.45, 7) is 9.14. The number of nitrogens with zero attached hydrogens (tertiary/aromatic N) is 2. The molecule has 0 saturated carbocycles. The van der Waals surface area contributed by atoms with E-state index in [1.165, 1.54) is 81.7 Å². The Morgan fingerprint density at radius 1 is 0.609 bits per heavy atom. The molecule has 0 bridgehead atoms. The Hall–Kier alpha value is -4.99. The minimum absolute atomic E-state index is 0.0363. The standard InChI is InChI=1S/C43H37N2S/c1-28-25-40-36(33-20-14-19-32(41(33)46-40)29-15-8-6-9-16-29)27-34(28)42-44(5)38-21-12-13-22-39(38)45(42)37-24-23-31(43(2,3)4)26-35(37)30-17-10-7-11-18-30/h6-27H,1-5H3/q+1. The van der Waals surface area contributed by atoms with E-state index < -0.39 is 0 Å². The normalized spacial score (nSPS) is 12.0. The number of hydrogen-bond donors (Lipinski definition) is 0. The highest BCUT2D eigenvalue weighted by Gasteiger charge is 2.30. The second-order valence-electron chi connectivity index (χ2n) is 13.4. The smallest absolute Gasteiger partial charge is 0.225 e. The Morgan fingerprint density at radius 2 is 1.28 bits per heavy atom. The number of thiophene rings is 1. The van der Waals surface area contributed by atoms with Gasteiger partial charge in [0.15, 0.2) is 11.0 Å². The van der Waals surface area contributed by atoms with Crippen LogP contribution in [-0.2, 0) is 12.5 Å². The number of aryl methyl sites for hydroxylation is 2. The van der Waals surface area contributed by atoms with E-state index in [1.807, 2.05) is 11.3 Å². The summed E-state index contributed by atoms with van der Waals surface area (Å²) >= 11 is 1.90. The minimum Gasteiger partial charge on any atom is -0.225 e. The molecule has 2 aromatic heterocycles. The van der Waals surface area contributed by atoms with E-state index in [0.29, 0.717) is 0 Å². The van der Waals surface area contributed by atoms with Crippen molar-refractivity contribution in [3.05, 3.63) is 145 Å². The van der Waals surface area contributed by atoms with Gasteiger partial charge in [0.05, 0.1) is 12.6 Å². The molecule has 0 aliphatic heterocycles. The molecular weight excluding hydrogens is 577 g/mol. The molecule has 0 aliphatic rings. The number of aromatic nitrogens is 2. The lowest BCUT2D eigenvalue weighted by molar-refractivity contribution is -0.633. The van der Waals surface area contributed by atoms with Crippen molar-refractivity contribution in [3.63, 3.8) is 0 Å². The summed E-state index contributed by atoms with van der Waals surface area (Å²) in [6.07, 6.45) is 0. The number of fused-ring (bicyclic) bond motifs is 4. The van der Waals surface area contributed by atoms with Crippen molar-refractivity contribution in [1.29, 1.82) is 0 Å². The Morgan fingerprint density at radius 3 is 2.00 bits per heavy atom. The molecule has 0 fully saturated rings. The summed E-state index contributed by atoms with van der Waals surface area (Å²) in [5, 5.41) is 2.62. The molecule has 2 nitrogen and oxygen atoms in total. The van der Waals surface area contributed by atoms with Crippen LogP contribution < -0.4 is 4.57 Å². The number of rotatable bonds is 4. The summed E-state index contributed by atoms with van der Waals surface area (Å²) in [5.74, 6) is 1.18. The van der Waals surface area contributed by atoms with E-state index in [9.17, 15) is 0 Å². The van der Waals surface area contributed by atoms with Crippen molar-refractivity contribution < 1.29 is 4.57 Å². The molecule has 0 aliphatic carbocycles. The Balaban J connectivity index is 1.43. The highest BCUT2D eigenvalue weighted by molar-refractivity contribution is 7.26. The van der Waals surface area contributed by atoms with E-state index in [0.717, 1.165) is 0 Å². The first-order valence-electron chi connectivity index (χ1n) is 16.0. The molecular formula is C43H37N2S+. The molecule has 0 radical (unpaired) electrons. The van der Waals surface area contributed by atoms with Crippen molar-refractivity contribution >= 4 is 42.5 Å². The molecule has 0 amide bonds. The summed E-state index contributed by atoms with van der Waals surface area (Å²) in [4.78, 5) is 0. The number of para-hydroxylation sites is 2. The molecule has 46 heavy (non-hydrogen) atoms.